The third-order valence-corrected chi connectivity index (χ3v) is 4.37. The van der Waals surface area contributed by atoms with Gasteiger partial charge in [0.05, 0.1) is 6.10 Å². The van der Waals surface area contributed by atoms with E-state index in [4.69, 9.17) is 0 Å². The van der Waals surface area contributed by atoms with Gasteiger partial charge in [-0.1, -0.05) is 37.3 Å². The lowest BCUT2D eigenvalue weighted by atomic mass is 9.92. The van der Waals surface area contributed by atoms with E-state index in [2.05, 4.69) is 31.1 Å². The van der Waals surface area contributed by atoms with Crippen molar-refractivity contribution in [1.29, 1.82) is 0 Å². The van der Waals surface area contributed by atoms with Crippen molar-refractivity contribution in [3.8, 4) is 0 Å². The van der Waals surface area contributed by atoms with Gasteiger partial charge in [0, 0.05) is 18.6 Å². The fourth-order valence-corrected chi connectivity index (χ4v) is 3.18. The van der Waals surface area contributed by atoms with Gasteiger partial charge in [-0.3, -0.25) is 0 Å². The van der Waals surface area contributed by atoms with Gasteiger partial charge in [0.25, 0.3) is 0 Å². The van der Waals surface area contributed by atoms with Crippen LogP contribution in [0.4, 0.5) is 0 Å². The van der Waals surface area contributed by atoms with Crippen molar-refractivity contribution < 1.29 is 5.11 Å². The topological polar surface area (TPSA) is 35.5 Å². The molecule has 2 N–H and O–H groups in total. The molecule has 1 aromatic carbocycles. The average molecular weight is 276 g/mol. The maximum atomic E-state index is 10.3. The largest absolute Gasteiger partial charge is 0.388 e. The van der Waals surface area contributed by atoms with Crippen LogP contribution >= 0.6 is 0 Å². The highest BCUT2D eigenvalue weighted by molar-refractivity contribution is 5.17. The van der Waals surface area contributed by atoms with E-state index in [-0.39, 0.29) is 6.10 Å². The molecule has 1 aromatic rings. The van der Waals surface area contributed by atoms with E-state index < -0.39 is 0 Å². The number of nitrogens with one attached hydrogen (secondary N) is 1. The molecule has 0 saturated carbocycles. The Morgan fingerprint density at radius 2 is 2.05 bits per heavy atom. The van der Waals surface area contributed by atoms with Gasteiger partial charge in [0.2, 0.25) is 0 Å². The van der Waals surface area contributed by atoms with Gasteiger partial charge in [0.1, 0.15) is 0 Å². The lowest BCUT2D eigenvalue weighted by Crippen LogP contribution is -2.49. The summed E-state index contributed by atoms with van der Waals surface area (Å²) in [5, 5.41) is 14.0. The molecule has 1 aliphatic rings. The molecule has 3 nitrogen and oxygen atoms in total. The van der Waals surface area contributed by atoms with Crippen LogP contribution in [0.3, 0.4) is 0 Å². The number of nitrogens with zero attached hydrogens (tertiary/aromatic N) is 1. The van der Waals surface area contributed by atoms with E-state index in [1.54, 1.807) is 0 Å². The van der Waals surface area contributed by atoms with E-state index in [1.807, 2.05) is 30.3 Å². The molecule has 112 valence electrons. The SMILES string of the molecule is CC(CC(O)c1ccccc1)NC1CCN(C)CC1C. The molecule has 0 bridgehead atoms. The minimum Gasteiger partial charge on any atom is -0.388 e. The van der Waals surface area contributed by atoms with Gasteiger partial charge in [-0.05, 0) is 44.8 Å². The van der Waals surface area contributed by atoms with Crippen LogP contribution in [-0.4, -0.2) is 42.2 Å². The number of hydrogen-bond acceptors (Lipinski definition) is 3. The van der Waals surface area contributed by atoms with Gasteiger partial charge in [-0.25, -0.2) is 0 Å². The Balaban J connectivity index is 1.82. The molecule has 20 heavy (non-hydrogen) atoms. The first-order valence-electron chi connectivity index (χ1n) is 7.74. The molecule has 2 rings (SSSR count). The molecule has 4 unspecified atom stereocenters. The maximum absolute atomic E-state index is 10.3. The van der Waals surface area contributed by atoms with Crippen LogP contribution in [0.1, 0.15) is 38.4 Å². The molecule has 4 atom stereocenters. The monoisotopic (exact) mass is 276 g/mol. The van der Waals surface area contributed by atoms with Crippen LogP contribution in [0, 0.1) is 5.92 Å². The Hall–Kier alpha value is -0.900. The van der Waals surface area contributed by atoms with Crippen molar-refractivity contribution in [3.63, 3.8) is 0 Å². The fraction of sp³-hybridized carbons (Fsp3) is 0.647. The summed E-state index contributed by atoms with van der Waals surface area (Å²) in [4.78, 5) is 2.40. The summed E-state index contributed by atoms with van der Waals surface area (Å²) < 4.78 is 0. The molecule has 0 aromatic heterocycles. The summed E-state index contributed by atoms with van der Waals surface area (Å²) in [5.41, 5.74) is 1.01. The summed E-state index contributed by atoms with van der Waals surface area (Å²) in [6, 6.07) is 10.8. The normalized spacial score (nSPS) is 27.2. The van der Waals surface area contributed by atoms with Gasteiger partial charge in [-0.2, -0.15) is 0 Å². The number of aliphatic hydroxyl groups excluding tert-OH is 1. The number of piperidine rings is 1. The van der Waals surface area contributed by atoms with Crippen molar-refractivity contribution in [3.05, 3.63) is 35.9 Å². The predicted molar refractivity (Wildman–Crippen MR) is 83.7 cm³/mol. The van der Waals surface area contributed by atoms with Crippen LogP contribution < -0.4 is 5.32 Å². The van der Waals surface area contributed by atoms with E-state index in [0.29, 0.717) is 18.0 Å². The summed E-state index contributed by atoms with van der Waals surface area (Å²) in [7, 11) is 2.19. The summed E-state index contributed by atoms with van der Waals surface area (Å²) in [6.07, 6.45) is 1.59. The third-order valence-electron chi connectivity index (χ3n) is 4.37. The Labute approximate surface area is 123 Å². The first-order valence-corrected chi connectivity index (χ1v) is 7.74. The van der Waals surface area contributed by atoms with E-state index in [1.165, 1.54) is 6.42 Å². The molecule has 1 fully saturated rings. The van der Waals surface area contributed by atoms with Crippen molar-refractivity contribution in [2.45, 2.75) is 44.9 Å². The van der Waals surface area contributed by atoms with E-state index >= 15 is 0 Å². The van der Waals surface area contributed by atoms with Crippen LogP contribution in [0.15, 0.2) is 30.3 Å². The minimum absolute atomic E-state index is 0.334. The zero-order valence-electron chi connectivity index (χ0n) is 12.9. The Morgan fingerprint density at radius 3 is 2.70 bits per heavy atom. The zero-order valence-corrected chi connectivity index (χ0v) is 12.9. The molecule has 0 radical (unpaired) electrons. The lowest BCUT2D eigenvalue weighted by Gasteiger charge is -2.37. The van der Waals surface area contributed by atoms with Crippen molar-refractivity contribution in [1.82, 2.24) is 10.2 Å². The van der Waals surface area contributed by atoms with Crippen LogP contribution in [0.2, 0.25) is 0 Å². The predicted octanol–water partition coefficient (Wildman–Crippen LogP) is 2.43. The quantitative estimate of drug-likeness (QED) is 0.867. The third kappa shape index (κ3) is 4.30. The Morgan fingerprint density at radius 1 is 1.35 bits per heavy atom. The van der Waals surface area contributed by atoms with E-state index in [0.717, 1.165) is 25.1 Å². The first-order chi connectivity index (χ1) is 9.56. The molecular weight excluding hydrogens is 248 g/mol. The highest BCUT2D eigenvalue weighted by atomic mass is 16.3. The van der Waals surface area contributed by atoms with Crippen molar-refractivity contribution in [2.24, 2.45) is 5.92 Å². The smallest absolute Gasteiger partial charge is 0.0804 e. The van der Waals surface area contributed by atoms with Crippen molar-refractivity contribution in [2.75, 3.05) is 20.1 Å². The molecule has 0 amide bonds. The number of benzene rings is 1. The highest BCUT2D eigenvalue weighted by Crippen LogP contribution is 2.20. The fourth-order valence-electron chi connectivity index (χ4n) is 3.18. The highest BCUT2D eigenvalue weighted by Gasteiger charge is 2.25. The molecule has 1 heterocycles. The molecular formula is C17H28N2O. The molecule has 1 saturated heterocycles. The minimum atomic E-state index is -0.375. The molecule has 3 heteroatoms. The number of rotatable bonds is 5. The van der Waals surface area contributed by atoms with Crippen LogP contribution in [0.5, 0.6) is 0 Å². The standard InChI is InChI=1S/C17H28N2O/c1-13-12-19(3)10-9-16(13)18-14(2)11-17(20)15-7-5-4-6-8-15/h4-8,13-14,16-18,20H,9-12H2,1-3H3. The maximum Gasteiger partial charge on any atom is 0.0804 e. The number of aliphatic hydroxyl groups is 1. The number of hydrogen-bond donors (Lipinski definition) is 2. The van der Waals surface area contributed by atoms with Gasteiger partial charge in [0.15, 0.2) is 0 Å². The van der Waals surface area contributed by atoms with Gasteiger partial charge in [-0.15, -0.1) is 0 Å². The van der Waals surface area contributed by atoms with E-state index in [9.17, 15) is 5.11 Å². The first kappa shape index (κ1) is 15.5. The number of likely N-dealkylation sites (tertiary alicyclic amines) is 1. The zero-order chi connectivity index (χ0) is 14.5. The average Bonchev–Trinajstić information content (AvgIpc) is 2.43. The summed E-state index contributed by atoms with van der Waals surface area (Å²) in [6.45, 7) is 6.81. The molecule has 1 aliphatic heterocycles. The van der Waals surface area contributed by atoms with Crippen LogP contribution in [0.25, 0.3) is 0 Å². The summed E-state index contributed by atoms with van der Waals surface area (Å²) >= 11 is 0. The summed E-state index contributed by atoms with van der Waals surface area (Å²) in [5.74, 6) is 0.671. The second-order valence-electron chi connectivity index (χ2n) is 6.36. The second-order valence-corrected chi connectivity index (χ2v) is 6.36. The Bertz CT molecular complexity index is 395. The molecule has 0 aliphatic carbocycles. The van der Waals surface area contributed by atoms with Gasteiger partial charge >= 0.3 is 0 Å². The molecule has 0 spiro atoms. The lowest BCUT2D eigenvalue weighted by molar-refractivity contribution is 0.132. The second kappa shape index (κ2) is 7.21. The van der Waals surface area contributed by atoms with Crippen molar-refractivity contribution >= 4 is 0 Å². The van der Waals surface area contributed by atoms with Gasteiger partial charge < -0.3 is 15.3 Å². The Kier molecular flexibility index (Phi) is 5.58. The van der Waals surface area contributed by atoms with Crippen LogP contribution in [-0.2, 0) is 0 Å².